The van der Waals surface area contributed by atoms with E-state index in [4.69, 9.17) is 0 Å². The molecule has 0 heterocycles. The van der Waals surface area contributed by atoms with Gasteiger partial charge in [-0.1, -0.05) is 12.2 Å². The molecule has 1 fully saturated rings. The van der Waals surface area contributed by atoms with Gasteiger partial charge in [-0.2, -0.15) is 0 Å². The van der Waals surface area contributed by atoms with Gasteiger partial charge in [0.15, 0.2) is 0 Å². The molecular weight excluding hydrogens is 152 g/mol. The van der Waals surface area contributed by atoms with E-state index in [9.17, 15) is 9.59 Å². The standard InChI is InChI=1S/C10H14O2/c1-6(2)8-4-9(7(3)11)10(12)5-8/h8-9H,1,4-5H2,2-3H3/t8-,9-/m1/s1. The largest absolute Gasteiger partial charge is 0.299 e. The maximum atomic E-state index is 11.3. The molecule has 12 heavy (non-hydrogen) atoms. The van der Waals surface area contributed by atoms with E-state index in [1.54, 1.807) is 0 Å². The van der Waals surface area contributed by atoms with Crippen molar-refractivity contribution in [3.05, 3.63) is 12.2 Å². The van der Waals surface area contributed by atoms with Crippen LogP contribution in [0, 0.1) is 11.8 Å². The number of allylic oxidation sites excluding steroid dienone is 1. The van der Waals surface area contributed by atoms with Crippen LogP contribution in [-0.2, 0) is 9.59 Å². The Kier molecular flexibility index (Phi) is 2.46. The predicted molar refractivity (Wildman–Crippen MR) is 46.7 cm³/mol. The minimum atomic E-state index is -0.341. The Hall–Kier alpha value is -0.920. The SMILES string of the molecule is C=C(C)[C@H]1CC(=O)[C@@H](C(C)=O)C1. The Morgan fingerprint density at radius 2 is 2.08 bits per heavy atom. The summed E-state index contributed by atoms with van der Waals surface area (Å²) in [4.78, 5) is 22.2. The number of hydrogen-bond donors (Lipinski definition) is 0. The van der Waals surface area contributed by atoms with E-state index in [2.05, 4.69) is 6.58 Å². The van der Waals surface area contributed by atoms with Gasteiger partial charge < -0.3 is 0 Å². The van der Waals surface area contributed by atoms with Crippen LogP contribution in [0.4, 0.5) is 0 Å². The first-order chi connectivity index (χ1) is 5.52. The molecule has 0 bridgehead atoms. The molecule has 1 aliphatic carbocycles. The lowest BCUT2D eigenvalue weighted by molar-refractivity contribution is -0.129. The molecule has 1 rings (SSSR count). The summed E-state index contributed by atoms with van der Waals surface area (Å²) in [5.41, 5.74) is 1.02. The quantitative estimate of drug-likeness (QED) is 0.462. The predicted octanol–water partition coefficient (Wildman–Crippen LogP) is 1.75. The Morgan fingerprint density at radius 3 is 2.33 bits per heavy atom. The highest BCUT2D eigenvalue weighted by Crippen LogP contribution is 2.32. The second-order valence-corrected chi connectivity index (χ2v) is 3.61. The maximum absolute atomic E-state index is 11.3. The van der Waals surface area contributed by atoms with E-state index in [0.29, 0.717) is 12.8 Å². The van der Waals surface area contributed by atoms with Crippen LogP contribution in [-0.4, -0.2) is 11.6 Å². The van der Waals surface area contributed by atoms with Crippen molar-refractivity contribution in [2.24, 2.45) is 11.8 Å². The van der Waals surface area contributed by atoms with Gasteiger partial charge in [0.1, 0.15) is 11.6 Å². The number of Topliss-reactive ketones (excluding diaryl/α,β-unsaturated/α-hetero) is 2. The van der Waals surface area contributed by atoms with E-state index in [0.717, 1.165) is 5.57 Å². The van der Waals surface area contributed by atoms with Crippen molar-refractivity contribution >= 4 is 11.6 Å². The first-order valence-electron chi connectivity index (χ1n) is 4.21. The van der Waals surface area contributed by atoms with Crippen LogP contribution >= 0.6 is 0 Å². The molecule has 2 atom stereocenters. The van der Waals surface area contributed by atoms with E-state index < -0.39 is 0 Å². The van der Waals surface area contributed by atoms with Crippen LogP contribution < -0.4 is 0 Å². The molecule has 0 aromatic rings. The van der Waals surface area contributed by atoms with Crippen LogP contribution in [0.25, 0.3) is 0 Å². The molecule has 0 radical (unpaired) electrons. The van der Waals surface area contributed by atoms with Gasteiger partial charge in [-0.3, -0.25) is 9.59 Å². The zero-order valence-electron chi connectivity index (χ0n) is 7.59. The highest BCUT2D eigenvalue weighted by atomic mass is 16.1. The van der Waals surface area contributed by atoms with E-state index in [-0.39, 0.29) is 23.4 Å². The zero-order valence-corrected chi connectivity index (χ0v) is 7.59. The van der Waals surface area contributed by atoms with Gasteiger partial charge in [-0.25, -0.2) is 0 Å². The van der Waals surface area contributed by atoms with Crippen LogP contribution in [0.1, 0.15) is 26.7 Å². The summed E-state index contributed by atoms with van der Waals surface area (Å²) in [5, 5.41) is 0. The molecule has 1 aliphatic rings. The lowest BCUT2D eigenvalue weighted by Crippen LogP contribution is -2.14. The number of hydrogen-bond acceptors (Lipinski definition) is 2. The number of carbonyl (C=O) groups excluding carboxylic acids is 2. The van der Waals surface area contributed by atoms with Gasteiger partial charge in [-0.15, -0.1) is 0 Å². The number of carbonyl (C=O) groups is 2. The second kappa shape index (κ2) is 3.21. The lowest BCUT2D eigenvalue weighted by Gasteiger charge is -2.06. The average Bonchev–Trinajstić information content (AvgIpc) is 2.30. The fraction of sp³-hybridized carbons (Fsp3) is 0.600. The minimum Gasteiger partial charge on any atom is -0.299 e. The Labute approximate surface area is 72.7 Å². The first-order valence-corrected chi connectivity index (χ1v) is 4.21. The summed E-state index contributed by atoms with van der Waals surface area (Å²) in [7, 11) is 0. The fourth-order valence-electron chi connectivity index (χ4n) is 1.65. The third-order valence-corrected chi connectivity index (χ3v) is 2.54. The fourth-order valence-corrected chi connectivity index (χ4v) is 1.65. The summed E-state index contributed by atoms with van der Waals surface area (Å²) in [5.74, 6) is -0.00245. The number of rotatable bonds is 2. The van der Waals surface area contributed by atoms with Crippen molar-refractivity contribution in [1.29, 1.82) is 0 Å². The van der Waals surface area contributed by atoms with Crippen molar-refractivity contribution in [3.8, 4) is 0 Å². The van der Waals surface area contributed by atoms with Gasteiger partial charge in [0, 0.05) is 6.42 Å². The molecule has 0 spiro atoms. The first kappa shape index (κ1) is 9.17. The molecular formula is C10H14O2. The average molecular weight is 166 g/mol. The molecule has 0 aromatic heterocycles. The van der Waals surface area contributed by atoms with E-state index in [1.807, 2.05) is 6.92 Å². The van der Waals surface area contributed by atoms with Crippen molar-refractivity contribution in [2.45, 2.75) is 26.7 Å². The Balaban J connectivity index is 2.68. The highest BCUT2D eigenvalue weighted by molar-refractivity contribution is 6.03. The molecule has 0 aliphatic heterocycles. The van der Waals surface area contributed by atoms with Gasteiger partial charge in [-0.05, 0) is 26.2 Å². The molecule has 0 N–H and O–H groups in total. The van der Waals surface area contributed by atoms with Gasteiger partial charge in [0.25, 0.3) is 0 Å². The molecule has 0 saturated heterocycles. The molecule has 0 aromatic carbocycles. The topological polar surface area (TPSA) is 34.1 Å². The third-order valence-electron chi connectivity index (χ3n) is 2.54. The van der Waals surface area contributed by atoms with Crippen LogP contribution in [0.2, 0.25) is 0 Å². The summed E-state index contributed by atoms with van der Waals surface area (Å²) in [6.45, 7) is 7.21. The Bertz CT molecular complexity index is 240. The van der Waals surface area contributed by atoms with Crippen LogP contribution in [0.5, 0.6) is 0 Å². The normalized spacial score (nSPS) is 29.0. The van der Waals surface area contributed by atoms with E-state index in [1.165, 1.54) is 6.92 Å². The zero-order chi connectivity index (χ0) is 9.30. The third kappa shape index (κ3) is 1.63. The smallest absolute Gasteiger partial charge is 0.143 e. The van der Waals surface area contributed by atoms with Crippen molar-refractivity contribution < 1.29 is 9.59 Å². The van der Waals surface area contributed by atoms with Crippen molar-refractivity contribution in [1.82, 2.24) is 0 Å². The molecule has 0 unspecified atom stereocenters. The molecule has 2 nitrogen and oxygen atoms in total. The molecule has 1 saturated carbocycles. The number of ketones is 2. The van der Waals surface area contributed by atoms with Gasteiger partial charge in [0.2, 0.25) is 0 Å². The summed E-state index contributed by atoms with van der Waals surface area (Å²) in [6.07, 6.45) is 1.20. The summed E-state index contributed by atoms with van der Waals surface area (Å²) >= 11 is 0. The van der Waals surface area contributed by atoms with Gasteiger partial charge in [0.05, 0.1) is 5.92 Å². The summed E-state index contributed by atoms with van der Waals surface area (Å²) < 4.78 is 0. The van der Waals surface area contributed by atoms with Crippen molar-refractivity contribution in [2.75, 3.05) is 0 Å². The molecule has 0 amide bonds. The van der Waals surface area contributed by atoms with Crippen LogP contribution in [0.15, 0.2) is 12.2 Å². The van der Waals surface area contributed by atoms with E-state index >= 15 is 0 Å². The van der Waals surface area contributed by atoms with Crippen molar-refractivity contribution in [3.63, 3.8) is 0 Å². The van der Waals surface area contributed by atoms with Crippen LogP contribution in [0.3, 0.4) is 0 Å². The summed E-state index contributed by atoms with van der Waals surface area (Å²) in [6, 6.07) is 0. The molecule has 66 valence electrons. The minimum absolute atomic E-state index is 0.00347. The lowest BCUT2D eigenvalue weighted by atomic mass is 9.97. The monoisotopic (exact) mass is 166 g/mol. The maximum Gasteiger partial charge on any atom is 0.143 e. The highest BCUT2D eigenvalue weighted by Gasteiger charge is 2.35. The Morgan fingerprint density at radius 1 is 1.50 bits per heavy atom. The second-order valence-electron chi connectivity index (χ2n) is 3.61. The molecule has 2 heteroatoms. The van der Waals surface area contributed by atoms with Gasteiger partial charge >= 0.3 is 0 Å².